The molecule has 0 radical (unpaired) electrons. The lowest BCUT2D eigenvalue weighted by Gasteiger charge is -2.08. The highest BCUT2D eigenvalue weighted by molar-refractivity contribution is 6.43. The molecule has 1 rings (SSSR count). The van der Waals surface area contributed by atoms with Crippen molar-refractivity contribution < 1.29 is 23.9 Å². The number of esters is 1. The Hall–Kier alpha value is -1.83. The lowest BCUT2D eigenvalue weighted by molar-refractivity contribution is -0.142. The molecule has 0 unspecified atom stereocenters. The van der Waals surface area contributed by atoms with Gasteiger partial charge < -0.3 is 20.1 Å². The van der Waals surface area contributed by atoms with Crippen molar-refractivity contribution in [3.05, 3.63) is 28.2 Å². The number of carbonyl (C=O) groups excluding carboxylic acids is 3. The number of ether oxygens (including phenoxy) is 2. The Morgan fingerprint density at radius 3 is 2.50 bits per heavy atom. The van der Waals surface area contributed by atoms with E-state index in [1.54, 1.807) is 18.2 Å². The Labute approximate surface area is 136 Å². The van der Waals surface area contributed by atoms with Crippen molar-refractivity contribution in [3.8, 4) is 0 Å². The van der Waals surface area contributed by atoms with Gasteiger partial charge in [-0.25, -0.2) is 0 Å². The van der Waals surface area contributed by atoms with Crippen LogP contribution in [0, 0.1) is 0 Å². The Morgan fingerprint density at radius 2 is 1.82 bits per heavy atom. The number of rotatable bonds is 7. The molecule has 2 amide bonds. The summed E-state index contributed by atoms with van der Waals surface area (Å²) in [4.78, 5) is 33.7. The Kier molecular flexibility index (Phi) is 7.65. The molecule has 1 aromatic carbocycles. The van der Waals surface area contributed by atoms with Crippen LogP contribution in [0.1, 0.15) is 0 Å². The first-order valence-corrected chi connectivity index (χ1v) is 6.84. The SMILES string of the molecule is COC(=O)CNC(=O)COCC(=O)Nc1cccc(Cl)c1Cl. The van der Waals surface area contributed by atoms with Gasteiger partial charge in [-0.3, -0.25) is 14.4 Å². The lowest BCUT2D eigenvalue weighted by Crippen LogP contribution is -2.33. The first kappa shape index (κ1) is 18.2. The van der Waals surface area contributed by atoms with Crippen LogP contribution in [-0.4, -0.2) is 44.7 Å². The third-order valence-electron chi connectivity index (χ3n) is 2.35. The zero-order chi connectivity index (χ0) is 16.5. The molecule has 0 bridgehead atoms. The molecule has 0 saturated heterocycles. The third kappa shape index (κ3) is 6.30. The van der Waals surface area contributed by atoms with Gasteiger partial charge >= 0.3 is 5.97 Å². The summed E-state index contributed by atoms with van der Waals surface area (Å²) in [6.45, 7) is -0.981. The third-order valence-corrected chi connectivity index (χ3v) is 3.17. The Balaban J connectivity index is 2.30. The fourth-order valence-corrected chi connectivity index (χ4v) is 1.66. The largest absolute Gasteiger partial charge is 0.468 e. The van der Waals surface area contributed by atoms with Crippen LogP contribution in [0.25, 0.3) is 0 Å². The van der Waals surface area contributed by atoms with Crippen molar-refractivity contribution in [2.45, 2.75) is 0 Å². The van der Waals surface area contributed by atoms with E-state index in [0.29, 0.717) is 10.7 Å². The van der Waals surface area contributed by atoms with Crippen LogP contribution in [0.5, 0.6) is 0 Å². The van der Waals surface area contributed by atoms with Crippen molar-refractivity contribution in [3.63, 3.8) is 0 Å². The molecule has 1 aromatic rings. The predicted molar refractivity (Wildman–Crippen MR) is 80.9 cm³/mol. The van der Waals surface area contributed by atoms with Crippen LogP contribution in [0.3, 0.4) is 0 Å². The predicted octanol–water partition coefficient (Wildman–Crippen LogP) is 1.24. The number of anilines is 1. The molecular formula is C13H14Cl2N2O5. The van der Waals surface area contributed by atoms with Gasteiger partial charge in [0.05, 0.1) is 22.8 Å². The smallest absolute Gasteiger partial charge is 0.325 e. The van der Waals surface area contributed by atoms with Gasteiger partial charge in [-0.1, -0.05) is 29.3 Å². The molecule has 0 saturated carbocycles. The number of halogens is 2. The highest BCUT2D eigenvalue weighted by Crippen LogP contribution is 2.29. The maximum absolute atomic E-state index is 11.6. The second kappa shape index (κ2) is 9.24. The second-order valence-electron chi connectivity index (χ2n) is 4.00. The van der Waals surface area contributed by atoms with Gasteiger partial charge in [0.2, 0.25) is 11.8 Å². The minimum atomic E-state index is -0.582. The number of amides is 2. The Morgan fingerprint density at radius 1 is 1.14 bits per heavy atom. The standard InChI is InChI=1S/C13H14Cl2N2O5/c1-21-12(20)5-16-10(18)6-22-7-11(19)17-9-4-2-3-8(14)13(9)15/h2-4H,5-7H2,1H3,(H,16,18)(H,17,19). The molecule has 0 heterocycles. The second-order valence-corrected chi connectivity index (χ2v) is 4.78. The molecule has 7 nitrogen and oxygen atoms in total. The lowest BCUT2D eigenvalue weighted by atomic mass is 10.3. The summed E-state index contributed by atoms with van der Waals surface area (Å²) in [5.74, 6) is -1.62. The van der Waals surface area contributed by atoms with Crippen molar-refractivity contribution in [2.24, 2.45) is 0 Å². The fourth-order valence-electron chi connectivity index (χ4n) is 1.32. The maximum atomic E-state index is 11.6. The van der Waals surface area contributed by atoms with Crippen LogP contribution in [0.4, 0.5) is 5.69 Å². The molecule has 0 aromatic heterocycles. The van der Waals surface area contributed by atoms with Crippen LogP contribution in [-0.2, 0) is 23.9 Å². The van der Waals surface area contributed by atoms with Gasteiger partial charge in [0.25, 0.3) is 0 Å². The van der Waals surface area contributed by atoms with E-state index in [1.807, 2.05) is 0 Å². The van der Waals surface area contributed by atoms with E-state index in [0.717, 1.165) is 0 Å². The fraction of sp³-hybridized carbons (Fsp3) is 0.308. The van der Waals surface area contributed by atoms with Gasteiger partial charge in [-0.2, -0.15) is 0 Å². The summed E-state index contributed by atoms with van der Waals surface area (Å²) < 4.78 is 9.26. The van der Waals surface area contributed by atoms with Crippen LogP contribution < -0.4 is 10.6 Å². The zero-order valence-corrected chi connectivity index (χ0v) is 13.2. The normalized spacial score (nSPS) is 9.95. The molecule has 0 fully saturated rings. The summed E-state index contributed by atoms with van der Waals surface area (Å²) in [5, 5.41) is 5.29. The van der Waals surface area contributed by atoms with Crippen molar-refractivity contribution in [1.82, 2.24) is 5.32 Å². The summed E-state index contributed by atoms with van der Waals surface area (Å²) >= 11 is 11.7. The van der Waals surface area contributed by atoms with E-state index in [-0.39, 0.29) is 24.8 Å². The zero-order valence-electron chi connectivity index (χ0n) is 11.7. The van der Waals surface area contributed by atoms with Crippen molar-refractivity contribution >= 4 is 46.7 Å². The number of carbonyl (C=O) groups is 3. The molecule has 0 atom stereocenters. The first-order chi connectivity index (χ1) is 10.4. The Bertz CT molecular complexity index is 565. The van der Waals surface area contributed by atoms with Crippen LogP contribution >= 0.6 is 23.2 Å². The molecule has 120 valence electrons. The minimum Gasteiger partial charge on any atom is -0.468 e. The molecule has 0 aliphatic carbocycles. The number of benzene rings is 1. The average molecular weight is 349 g/mol. The van der Waals surface area contributed by atoms with Gasteiger partial charge in [0, 0.05) is 0 Å². The first-order valence-electron chi connectivity index (χ1n) is 6.09. The number of hydrogen-bond acceptors (Lipinski definition) is 5. The van der Waals surface area contributed by atoms with E-state index in [4.69, 9.17) is 27.9 Å². The van der Waals surface area contributed by atoms with E-state index in [1.165, 1.54) is 7.11 Å². The highest BCUT2D eigenvalue weighted by Gasteiger charge is 2.10. The van der Waals surface area contributed by atoms with Crippen LogP contribution in [0.15, 0.2) is 18.2 Å². The van der Waals surface area contributed by atoms with Crippen molar-refractivity contribution in [2.75, 3.05) is 32.2 Å². The molecular weight excluding hydrogens is 335 g/mol. The quantitative estimate of drug-likeness (QED) is 0.723. The summed E-state index contributed by atoms with van der Waals surface area (Å²) in [6, 6.07) is 4.79. The monoisotopic (exact) mass is 348 g/mol. The van der Waals surface area contributed by atoms with E-state index < -0.39 is 17.8 Å². The van der Waals surface area contributed by atoms with E-state index in [2.05, 4.69) is 15.4 Å². The molecule has 22 heavy (non-hydrogen) atoms. The van der Waals surface area contributed by atoms with E-state index in [9.17, 15) is 14.4 Å². The molecule has 0 aliphatic rings. The average Bonchev–Trinajstić information content (AvgIpc) is 2.49. The van der Waals surface area contributed by atoms with Gasteiger partial charge in [-0.05, 0) is 12.1 Å². The topological polar surface area (TPSA) is 93.7 Å². The van der Waals surface area contributed by atoms with Gasteiger partial charge in [0.15, 0.2) is 0 Å². The summed E-state index contributed by atoms with van der Waals surface area (Å²) in [7, 11) is 1.20. The number of nitrogens with one attached hydrogen (secondary N) is 2. The molecule has 9 heteroatoms. The van der Waals surface area contributed by atoms with Crippen molar-refractivity contribution in [1.29, 1.82) is 0 Å². The maximum Gasteiger partial charge on any atom is 0.325 e. The molecule has 2 N–H and O–H groups in total. The minimum absolute atomic E-state index is 0.216. The number of hydrogen-bond donors (Lipinski definition) is 2. The highest BCUT2D eigenvalue weighted by atomic mass is 35.5. The summed E-state index contributed by atoms with van der Waals surface area (Å²) in [6.07, 6.45) is 0. The van der Waals surface area contributed by atoms with E-state index >= 15 is 0 Å². The number of methoxy groups -OCH3 is 1. The van der Waals surface area contributed by atoms with Gasteiger partial charge in [-0.15, -0.1) is 0 Å². The van der Waals surface area contributed by atoms with Gasteiger partial charge in [0.1, 0.15) is 19.8 Å². The van der Waals surface area contributed by atoms with Crippen LogP contribution in [0.2, 0.25) is 10.0 Å². The molecule has 0 aliphatic heterocycles. The summed E-state index contributed by atoms with van der Waals surface area (Å²) in [5.41, 5.74) is 0.345. The molecule has 0 spiro atoms.